The van der Waals surface area contributed by atoms with Gasteiger partial charge in [-0.1, -0.05) is 54.7 Å². The summed E-state index contributed by atoms with van der Waals surface area (Å²) < 4.78 is 0.577. The highest BCUT2D eigenvalue weighted by atomic mass is 32.2. The Balaban J connectivity index is 1.95. The first kappa shape index (κ1) is 17.7. The highest BCUT2D eigenvalue weighted by Gasteiger charge is 2.31. The molecule has 0 spiro atoms. The smallest absolute Gasteiger partial charge is 0.303 e. The third-order valence-electron chi connectivity index (χ3n) is 3.62. The van der Waals surface area contributed by atoms with Gasteiger partial charge in [-0.2, -0.15) is 0 Å². The molecule has 0 radical (unpaired) electrons. The number of aryl methyl sites for hydroxylation is 1. The van der Waals surface area contributed by atoms with Gasteiger partial charge in [-0.05, 0) is 37.0 Å². The van der Waals surface area contributed by atoms with Gasteiger partial charge in [-0.15, -0.1) is 0 Å². The van der Waals surface area contributed by atoms with Gasteiger partial charge < -0.3 is 5.11 Å². The van der Waals surface area contributed by atoms with E-state index in [0.717, 1.165) is 24.0 Å². The highest BCUT2D eigenvalue weighted by molar-refractivity contribution is 8.26. The summed E-state index contributed by atoms with van der Waals surface area (Å²) in [6.45, 7) is 2.56. The van der Waals surface area contributed by atoms with E-state index in [1.165, 1.54) is 11.8 Å². The van der Waals surface area contributed by atoms with Crippen molar-refractivity contribution < 1.29 is 14.7 Å². The number of hydrogen-bond acceptors (Lipinski definition) is 4. The van der Waals surface area contributed by atoms with Gasteiger partial charge in [0.15, 0.2) is 0 Å². The Morgan fingerprint density at radius 3 is 2.74 bits per heavy atom. The lowest BCUT2D eigenvalue weighted by Crippen LogP contribution is -2.29. The second-order valence-corrected chi connectivity index (χ2v) is 7.07. The fourth-order valence-electron chi connectivity index (χ4n) is 2.31. The van der Waals surface area contributed by atoms with Crippen molar-refractivity contribution in [1.82, 2.24) is 4.90 Å². The number of carboxylic acid groups (broad SMARTS) is 1. The molecule has 2 rings (SSSR count). The van der Waals surface area contributed by atoms with Crippen LogP contribution in [0.15, 0.2) is 29.2 Å². The number of hydrogen-bond donors (Lipinski definition) is 1. The Labute approximate surface area is 145 Å². The molecule has 1 aromatic carbocycles. The van der Waals surface area contributed by atoms with Crippen LogP contribution in [0.4, 0.5) is 0 Å². The predicted molar refractivity (Wildman–Crippen MR) is 97.2 cm³/mol. The molecule has 122 valence electrons. The van der Waals surface area contributed by atoms with Crippen molar-refractivity contribution >= 4 is 46.3 Å². The topological polar surface area (TPSA) is 57.6 Å². The first-order chi connectivity index (χ1) is 11.0. The van der Waals surface area contributed by atoms with Gasteiger partial charge >= 0.3 is 5.97 Å². The number of nitrogens with zero attached hydrogens (tertiary/aromatic N) is 1. The molecule has 23 heavy (non-hydrogen) atoms. The Bertz CT molecular complexity index is 655. The van der Waals surface area contributed by atoms with Crippen LogP contribution in [0, 0.1) is 6.92 Å². The van der Waals surface area contributed by atoms with Crippen molar-refractivity contribution in [3.63, 3.8) is 0 Å². The van der Waals surface area contributed by atoms with Crippen molar-refractivity contribution in [3.05, 3.63) is 40.3 Å². The fourth-order valence-corrected chi connectivity index (χ4v) is 3.61. The molecule has 1 aromatic rings. The molecule has 1 heterocycles. The zero-order valence-corrected chi connectivity index (χ0v) is 14.6. The highest BCUT2D eigenvalue weighted by Crippen LogP contribution is 2.33. The monoisotopic (exact) mass is 349 g/mol. The Hall–Kier alpha value is -1.66. The molecule has 0 saturated carbocycles. The summed E-state index contributed by atoms with van der Waals surface area (Å²) in [4.78, 5) is 25.2. The van der Waals surface area contributed by atoms with E-state index in [-0.39, 0.29) is 12.3 Å². The van der Waals surface area contributed by atoms with Crippen molar-refractivity contribution in [2.45, 2.75) is 32.6 Å². The fraction of sp³-hybridized carbons (Fsp3) is 0.353. The van der Waals surface area contributed by atoms with Gasteiger partial charge in [-0.25, -0.2) is 0 Å². The maximum absolute atomic E-state index is 12.5. The lowest BCUT2D eigenvalue weighted by Gasteiger charge is -2.13. The van der Waals surface area contributed by atoms with Crippen LogP contribution in [0.2, 0.25) is 0 Å². The zero-order chi connectivity index (χ0) is 16.8. The van der Waals surface area contributed by atoms with Gasteiger partial charge in [0.1, 0.15) is 4.32 Å². The molecule has 0 atom stereocenters. The van der Waals surface area contributed by atoms with Gasteiger partial charge in [0.25, 0.3) is 5.91 Å². The Kier molecular flexibility index (Phi) is 6.36. The molecule has 6 heteroatoms. The van der Waals surface area contributed by atoms with E-state index in [9.17, 15) is 9.59 Å². The van der Waals surface area contributed by atoms with E-state index in [4.69, 9.17) is 17.3 Å². The second kappa shape index (κ2) is 8.26. The molecule has 0 bridgehead atoms. The lowest BCUT2D eigenvalue weighted by atomic mass is 10.1. The van der Waals surface area contributed by atoms with Gasteiger partial charge in [0, 0.05) is 13.0 Å². The van der Waals surface area contributed by atoms with Gasteiger partial charge in [-0.3, -0.25) is 14.5 Å². The number of carboxylic acids is 1. The average molecular weight is 349 g/mol. The average Bonchev–Trinajstić information content (AvgIpc) is 2.76. The minimum Gasteiger partial charge on any atom is -0.481 e. The number of aliphatic carboxylic acids is 1. The Morgan fingerprint density at radius 2 is 2.04 bits per heavy atom. The van der Waals surface area contributed by atoms with E-state index in [2.05, 4.69) is 0 Å². The molecule has 1 N–H and O–H groups in total. The van der Waals surface area contributed by atoms with Crippen molar-refractivity contribution in [2.75, 3.05) is 6.54 Å². The molecule has 0 unspecified atom stereocenters. The first-order valence-electron chi connectivity index (χ1n) is 7.52. The molecule has 1 fully saturated rings. The molecule has 0 aliphatic carbocycles. The molecule has 1 aliphatic heterocycles. The normalized spacial score (nSPS) is 16.4. The number of benzene rings is 1. The predicted octanol–water partition coefficient (Wildman–Crippen LogP) is 3.84. The van der Waals surface area contributed by atoms with E-state index in [0.29, 0.717) is 22.2 Å². The van der Waals surface area contributed by atoms with E-state index in [1.807, 2.05) is 37.3 Å². The summed E-state index contributed by atoms with van der Waals surface area (Å²) in [5, 5.41) is 8.61. The van der Waals surface area contributed by atoms with Crippen LogP contribution in [0.3, 0.4) is 0 Å². The van der Waals surface area contributed by atoms with Gasteiger partial charge in [0.2, 0.25) is 0 Å². The maximum atomic E-state index is 12.5. The number of thioether (sulfide) groups is 1. The second-order valence-electron chi connectivity index (χ2n) is 5.39. The maximum Gasteiger partial charge on any atom is 0.303 e. The largest absolute Gasteiger partial charge is 0.481 e. The first-order valence-corrected chi connectivity index (χ1v) is 8.74. The van der Waals surface area contributed by atoms with Crippen molar-refractivity contribution in [2.24, 2.45) is 0 Å². The van der Waals surface area contributed by atoms with Crippen LogP contribution in [0.5, 0.6) is 0 Å². The van der Waals surface area contributed by atoms with Crippen LogP contribution in [0.25, 0.3) is 6.08 Å². The molecule has 1 amide bonds. The molecule has 1 aliphatic rings. The number of unbranched alkanes of at least 4 members (excludes halogenated alkanes) is 2. The van der Waals surface area contributed by atoms with Crippen LogP contribution in [0.1, 0.15) is 36.8 Å². The molecule has 0 aromatic heterocycles. The van der Waals surface area contributed by atoms with E-state index in [1.54, 1.807) is 4.90 Å². The van der Waals surface area contributed by atoms with Crippen molar-refractivity contribution in [1.29, 1.82) is 0 Å². The van der Waals surface area contributed by atoms with E-state index >= 15 is 0 Å². The quantitative estimate of drug-likeness (QED) is 0.460. The van der Waals surface area contributed by atoms with E-state index < -0.39 is 5.97 Å². The number of carbonyl (C=O) groups is 2. The summed E-state index contributed by atoms with van der Waals surface area (Å²) >= 11 is 6.63. The zero-order valence-electron chi connectivity index (χ0n) is 12.9. The number of amides is 1. The van der Waals surface area contributed by atoms with Gasteiger partial charge in [0.05, 0.1) is 4.91 Å². The van der Waals surface area contributed by atoms with Crippen molar-refractivity contribution in [3.8, 4) is 0 Å². The minimum atomic E-state index is -0.781. The molecule has 4 nitrogen and oxygen atoms in total. The molecular formula is C17H19NO3S2. The summed E-state index contributed by atoms with van der Waals surface area (Å²) in [5.41, 5.74) is 2.14. The molecular weight excluding hydrogens is 330 g/mol. The van der Waals surface area contributed by atoms with Crippen LogP contribution < -0.4 is 0 Å². The SMILES string of the molecule is Cc1ccccc1/C=C1\SC(=S)N(CCCCCC(=O)O)C1=O. The summed E-state index contributed by atoms with van der Waals surface area (Å²) in [6, 6.07) is 7.90. The molecule has 1 saturated heterocycles. The third-order valence-corrected chi connectivity index (χ3v) is 5.00. The summed E-state index contributed by atoms with van der Waals surface area (Å²) in [7, 11) is 0. The summed E-state index contributed by atoms with van der Waals surface area (Å²) in [5.74, 6) is -0.835. The number of carbonyl (C=O) groups excluding carboxylic acids is 1. The van der Waals surface area contributed by atoms with Crippen LogP contribution in [-0.2, 0) is 9.59 Å². The Morgan fingerprint density at radius 1 is 1.30 bits per heavy atom. The minimum absolute atomic E-state index is 0.0542. The third kappa shape index (κ3) is 4.91. The standard InChI is InChI=1S/C17H19NO3S2/c1-12-7-4-5-8-13(12)11-14-16(21)18(17(22)23-14)10-6-2-3-9-15(19)20/h4-5,7-8,11H,2-3,6,9-10H2,1H3,(H,19,20)/b14-11-. The van der Waals surface area contributed by atoms with Crippen LogP contribution in [-0.4, -0.2) is 32.7 Å². The lowest BCUT2D eigenvalue weighted by molar-refractivity contribution is -0.137. The number of rotatable bonds is 7. The summed E-state index contributed by atoms with van der Waals surface area (Å²) in [6.07, 6.45) is 4.23. The number of thiocarbonyl (C=S) groups is 1. The van der Waals surface area contributed by atoms with Crippen LogP contribution >= 0.6 is 24.0 Å².